The minimum Gasteiger partial charge on any atom is -0.375 e. The molecule has 1 aromatic rings. The molecule has 0 aliphatic carbocycles. The second-order valence-electron chi connectivity index (χ2n) is 6.91. The molecule has 0 radical (unpaired) electrons. The molecule has 9 heteroatoms. The number of nitrogens with zero attached hydrogens (tertiary/aromatic N) is 2. The van der Waals surface area contributed by atoms with E-state index in [-0.39, 0.29) is 12.2 Å². The zero-order valence-corrected chi connectivity index (χ0v) is 16.6. The average Bonchev–Trinajstić information content (AvgIpc) is 2.63. The Morgan fingerprint density at radius 1 is 0.808 bits per heavy atom. The Hall–Kier alpha value is -1.00. The molecular formula is C17H26N2O5S2. The fourth-order valence-electron chi connectivity index (χ4n) is 3.52. The number of sulfonamides is 2. The van der Waals surface area contributed by atoms with Crippen molar-refractivity contribution in [1.82, 2.24) is 8.61 Å². The molecule has 0 amide bonds. The van der Waals surface area contributed by atoms with Gasteiger partial charge in [0.15, 0.2) is 0 Å². The maximum absolute atomic E-state index is 12.6. The number of rotatable bonds is 5. The lowest BCUT2D eigenvalue weighted by Crippen LogP contribution is -2.44. The number of benzene rings is 1. The van der Waals surface area contributed by atoms with Crippen LogP contribution >= 0.6 is 0 Å². The summed E-state index contributed by atoms with van der Waals surface area (Å²) in [5.74, 6) is 0. The highest BCUT2D eigenvalue weighted by Gasteiger charge is 2.32. The van der Waals surface area contributed by atoms with E-state index in [4.69, 9.17) is 4.74 Å². The molecule has 2 fully saturated rings. The Labute approximate surface area is 156 Å². The Kier molecular flexibility index (Phi) is 6.03. The summed E-state index contributed by atoms with van der Waals surface area (Å²) in [6.45, 7) is 1.88. The predicted octanol–water partition coefficient (Wildman–Crippen LogP) is 1.28. The Morgan fingerprint density at radius 2 is 1.27 bits per heavy atom. The molecule has 2 heterocycles. The van der Waals surface area contributed by atoms with Crippen molar-refractivity contribution in [2.45, 2.75) is 42.8 Å². The van der Waals surface area contributed by atoms with E-state index in [9.17, 15) is 16.8 Å². The average molecular weight is 403 g/mol. The number of ether oxygens (including phenoxy) is 1. The molecule has 3 rings (SSSR count). The topological polar surface area (TPSA) is 84.0 Å². The first-order chi connectivity index (χ1) is 12.3. The summed E-state index contributed by atoms with van der Waals surface area (Å²) in [5, 5.41) is 0. The van der Waals surface area contributed by atoms with Gasteiger partial charge in [-0.2, -0.15) is 4.31 Å². The summed E-state index contributed by atoms with van der Waals surface area (Å²) in [6, 6.07) is 8.49. The zero-order chi connectivity index (χ0) is 18.8. The van der Waals surface area contributed by atoms with Crippen molar-refractivity contribution >= 4 is 20.0 Å². The first-order valence-electron chi connectivity index (χ1n) is 8.92. The molecule has 146 valence electrons. The van der Waals surface area contributed by atoms with Gasteiger partial charge in [-0.15, -0.1) is 0 Å². The van der Waals surface area contributed by atoms with E-state index in [1.165, 1.54) is 14.9 Å². The molecule has 0 bridgehead atoms. The van der Waals surface area contributed by atoms with E-state index in [2.05, 4.69) is 0 Å². The number of piperidine rings is 2. The van der Waals surface area contributed by atoms with Gasteiger partial charge in [0, 0.05) is 26.2 Å². The van der Waals surface area contributed by atoms with Crippen LogP contribution in [0.4, 0.5) is 0 Å². The van der Waals surface area contributed by atoms with Crippen LogP contribution in [0, 0.1) is 0 Å². The number of hydrogen-bond donors (Lipinski definition) is 0. The van der Waals surface area contributed by atoms with Gasteiger partial charge >= 0.3 is 0 Å². The van der Waals surface area contributed by atoms with Gasteiger partial charge in [-0.05, 0) is 37.8 Å². The van der Waals surface area contributed by atoms with Crippen LogP contribution in [-0.4, -0.2) is 70.1 Å². The van der Waals surface area contributed by atoms with E-state index < -0.39 is 20.0 Å². The van der Waals surface area contributed by atoms with Crippen molar-refractivity contribution in [3.05, 3.63) is 30.3 Å². The predicted molar refractivity (Wildman–Crippen MR) is 98.7 cm³/mol. The third-order valence-corrected chi connectivity index (χ3v) is 8.25. The van der Waals surface area contributed by atoms with E-state index in [0.29, 0.717) is 56.8 Å². The van der Waals surface area contributed by atoms with Crippen molar-refractivity contribution in [3.63, 3.8) is 0 Å². The molecular weight excluding hydrogens is 376 g/mol. The lowest BCUT2D eigenvalue weighted by Gasteiger charge is -2.36. The third kappa shape index (κ3) is 4.64. The highest BCUT2D eigenvalue weighted by Crippen LogP contribution is 2.25. The molecule has 0 aromatic heterocycles. The van der Waals surface area contributed by atoms with Crippen LogP contribution in [0.25, 0.3) is 0 Å². The smallest absolute Gasteiger partial charge is 0.243 e. The van der Waals surface area contributed by atoms with E-state index in [1.54, 1.807) is 30.3 Å². The molecule has 7 nitrogen and oxygen atoms in total. The van der Waals surface area contributed by atoms with Gasteiger partial charge in [0.2, 0.25) is 20.0 Å². The lowest BCUT2D eigenvalue weighted by molar-refractivity contribution is -0.0519. The quantitative estimate of drug-likeness (QED) is 0.741. The van der Waals surface area contributed by atoms with Crippen LogP contribution in [-0.2, 0) is 24.8 Å². The minimum absolute atomic E-state index is 0.0343. The second kappa shape index (κ2) is 7.93. The van der Waals surface area contributed by atoms with Crippen LogP contribution in [0.1, 0.15) is 25.7 Å². The van der Waals surface area contributed by atoms with Gasteiger partial charge in [0.1, 0.15) is 0 Å². The largest absolute Gasteiger partial charge is 0.375 e. The van der Waals surface area contributed by atoms with Crippen LogP contribution in [0.3, 0.4) is 0 Å². The lowest BCUT2D eigenvalue weighted by atomic mass is 10.1. The van der Waals surface area contributed by atoms with Crippen LogP contribution in [0.2, 0.25) is 0 Å². The zero-order valence-electron chi connectivity index (χ0n) is 15.0. The van der Waals surface area contributed by atoms with Crippen molar-refractivity contribution in [2.24, 2.45) is 0 Å². The van der Waals surface area contributed by atoms with Crippen molar-refractivity contribution in [3.8, 4) is 0 Å². The van der Waals surface area contributed by atoms with Crippen molar-refractivity contribution in [2.75, 3.05) is 32.4 Å². The molecule has 2 saturated heterocycles. The number of hydrogen-bond acceptors (Lipinski definition) is 5. The summed E-state index contributed by atoms with van der Waals surface area (Å²) >= 11 is 0. The molecule has 26 heavy (non-hydrogen) atoms. The maximum atomic E-state index is 12.6. The normalized spacial score (nSPS) is 22.5. The van der Waals surface area contributed by atoms with Crippen molar-refractivity contribution < 1.29 is 21.6 Å². The highest BCUT2D eigenvalue weighted by molar-refractivity contribution is 7.89. The first-order valence-corrected chi connectivity index (χ1v) is 12.2. The molecule has 0 spiro atoms. The van der Waals surface area contributed by atoms with Gasteiger partial charge in [-0.1, -0.05) is 18.2 Å². The highest BCUT2D eigenvalue weighted by atomic mass is 32.2. The molecule has 0 unspecified atom stereocenters. The molecule has 0 saturated carbocycles. The van der Waals surface area contributed by atoms with Gasteiger partial charge in [0.05, 0.1) is 23.4 Å². The van der Waals surface area contributed by atoms with Crippen LogP contribution < -0.4 is 0 Å². The van der Waals surface area contributed by atoms with Crippen LogP contribution in [0.15, 0.2) is 35.2 Å². The third-order valence-electron chi connectivity index (χ3n) is 5.04. The summed E-state index contributed by atoms with van der Waals surface area (Å²) in [5.41, 5.74) is 0. The monoisotopic (exact) mass is 402 g/mol. The second-order valence-corrected chi connectivity index (χ2v) is 10.8. The minimum atomic E-state index is -3.44. The summed E-state index contributed by atoms with van der Waals surface area (Å²) in [7, 11) is -6.57. The van der Waals surface area contributed by atoms with Gasteiger partial charge in [-0.3, -0.25) is 0 Å². The summed E-state index contributed by atoms with van der Waals surface area (Å²) in [4.78, 5) is 0.326. The molecule has 2 aliphatic heterocycles. The van der Waals surface area contributed by atoms with E-state index in [0.717, 1.165) is 0 Å². The fourth-order valence-corrected chi connectivity index (χ4v) is 5.89. The fraction of sp³-hybridized carbons (Fsp3) is 0.647. The van der Waals surface area contributed by atoms with E-state index in [1.807, 2.05) is 0 Å². The van der Waals surface area contributed by atoms with Crippen molar-refractivity contribution in [1.29, 1.82) is 0 Å². The molecule has 0 N–H and O–H groups in total. The Bertz CT molecular complexity index is 795. The first kappa shape index (κ1) is 19.8. The van der Waals surface area contributed by atoms with Crippen LogP contribution in [0.5, 0.6) is 0 Å². The maximum Gasteiger partial charge on any atom is 0.243 e. The summed E-state index contributed by atoms with van der Waals surface area (Å²) < 4.78 is 57.5. The Morgan fingerprint density at radius 3 is 1.73 bits per heavy atom. The standard InChI is InChI=1S/C17H26N2O5S2/c1-25(20,21)18-11-7-15(8-12-18)24-16-9-13-19(14-10-16)26(22,23)17-5-3-2-4-6-17/h2-6,15-16H,7-14H2,1H3. The Balaban J connectivity index is 1.49. The molecule has 1 aromatic carbocycles. The SMILES string of the molecule is CS(=O)(=O)N1CCC(OC2CCN(S(=O)(=O)c3ccccc3)CC2)CC1. The van der Waals surface area contributed by atoms with Gasteiger partial charge in [-0.25, -0.2) is 21.1 Å². The summed E-state index contributed by atoms with van der Waals surface area (Å²) in [6.07, 6.45) is 4.03. The van der Waals surface area contributed by atoms with Gasteiger partial charge in [0.25, 0.3) is 0 Å². The van der Waals surface area contributed by atoms with E-state index >= 15 is 0 Å². The molecule has 0 atom stereocenters. The molecule has 2 aliphatic rings. The van der Waals surface area contributed by atoms with Gasteiger partial charge < -0.3 is 4.74 Å².